The molecule has 0 spiro atoms. The highest BCUT2D eigenvalue weighted by molar-refractivity contribution is 9.10. The molecule has 0 atom stereocenters. The Bertz CT molecular complexity index is 566. The van der Waals surface area contributed by atoms with Crippen molar-refractivity contribution in [1.29, 1.82) is 0 Å². The van der Waals surface area contributed by atoms with E-state index in [1.807, 2.05) is 18.5 Å². The zero-order valence-corrected chi connectivity index (χ0v) is 13.9. The van der Waals surface area contributed by atoms with Gasteiger partial charge < -0.3 is 9.30 Å². The molecule has 0 saturated heterocycles. The number of aromatic nitrogens is 3. The lowest BCUT2D eigenvalue weighted by Crippen LogP contribution is -2.19. The molecular weight excluding hydrogens is 328 g/mol. The van der Waals surface area contributed by atoms with E-state index in [4.69, 9.17) is 4.74 Å². The maximum atomic E-state index is 5.27. The molecule has 2 aromatic rings. The maximum Gasteiger partial charge on any atom is 0.188 e. The Hall–Kier alpha value is -0.920. The topological polar surface area (TPSA) is 43.2 Å². The Kier molecular flexibility index (Phi) is 4.59. The molecule has 2 rings (SSSR count). The predicted octanol–water partition coefficient (Wildman–Crippen LogP) is 2.59. The summed E-state index contributed by atoms with van der Waals surface area (Å²) in [6.07, 6.45) is 0. The van der Waals surface area contributed by atoms with Crippen molar-refractivity contribution in [2.45, 2.75) is 20.0 Å². The molecule has 0 aliphatic carbocycles. The summed E-state index contributed by atoms with van der Waals surface area (Å²) in [6, 6.07) is 2.10. The van der Waals surface area contributed by atoms with E-state index in [0.29, 0.717) is 0 Å². The van der Waals surface area contributed by atoms with Crippen molar-refractivity contribution < 1.29 is 4.74 Å². The predicted molar refractivity (Wildman–Crippen MR) is 79.5 cm³/mol. The number of hydrogen-bond acceptors (Lipinski definition) is 5. The van der Waals surface area contributed by atoms with Gasteiger partial charge in [0.25, 0.3) is 0 Å². The lowest BCUT2D eigenvalue weighted by atomic mass is 10.4. The monoisotopic (exact) mass is 344 g/mol. The summed E-state index contributed by atoms with van der Waals surface area (Å²) in [5.74, 6) is 1.91. The van der Waals surface area contributed by atoms with E-state index in [2.05, 4.69) is 44.1 Å². The Morgan fingerprint density at radius 3 is 2.68 bits per heavy atom. The number of rotatable bonds is 5. The first-order valence-corrected chi connectivity index (χ1v) is 7.47. The first kappa shape index (κ1) is 14.5. The SMILES string of the molecule is COc1sc(CN(C)Cc2nnc(C)n2C)cc1Br. The van der Waals surface area contributed by atoms with E-state index < -0.39 is 0 Å². The first-order chi connectivity index (χ1) is 9.01. The van der Waals surface area contributed by atoms with Crippen molar-refractivity contribution >= 4 is 27.3 Å². The van der Waals surface area contributed by atoms with Crippen LogP contribution < -0.4 is 4.74 Å². The summed E-state index contributed by atoms with van der Waals surface area (Å²) in [6.45, 7) is 3.59. The minimum absolute atomic E-state index is 0.773. The van der Waals surface area contributed by atoms with Gasteiger partial charge in [-0.2, -0.15) is 0 Å². The molecule has 0 saturated carbocycles. The highest BCUT2D eigenvalue weighted by Crippen LogP contribution is 2.35. The minimum atomic E-state index is 0.773. The molecule has 0 aliphatic rings. The second kappa shape index (κ2) is 6.02. The third kappa shape index (κ3) is 3.34. The Labute approximate surface area is 125 Å². The molecule has 104 valence electrons. The lowest BCUT2D eigenvalue weighted by Gasteiger charge is -2.14. The second-order valence-electron chi connectivity index (χ2n) is 4.45. The molecule has 0 amide bonds. The van der Waals surface area contributed by atoms with Crippen LogP contribution in [0, 0.1) is 6.92 Å². The Morgan fingerprint density at radius 1 is 1.42 bits per heavy atom. The number of aryl methyl sites for hydroxylation is 1. The summed E-state index contributed by atoms with van der Waals surface area (Å²) in [7, 11) is 5.75. The van der Waals surface area contributed by atoms with Gasteiger partial charge in [-0.15, -0.1) is 21.5 Å². The highest BCUT2D eigenvalue weighted by atomic mass is 79.9. The van der Waals surface area contributed by atoms with Crippen LogP contribution >= 0.6 is 27.3 Å². The number of thiophene rings is 1. The van der Waals surface area contributed by atoms with E-state index in [9.17, 15) is 0 Å². The minimum Gasteiger partial charge on any atom is -0.486 e. The molecule has 5 nitrogen and oxygen atoms in total. The van der Waals surface area contributed by atoms with Crippen LogP contribution in [-0.4, -0.2) is 33.8 Å². The van der Waals surface area contributed by atoms with E-state index in [1.165, 1.54) is 4.88 Å². The van der Waals surface area contributed by atoms with Crippen molar-refractivity contribution in [3.63, 3.8) is 0 Å². The average molecular weight is 345 g/mol. The molecular formula is C12H17BrN4OS. The number of methoxy groups -OCH3 is 1. The van der Waals surface area contributed by atoms with Crippen LogP contribution in [0.3, 0.4) is 0 Å². The standard InChI is InChI=1S/C12H17BrN4OS/c1-8-14-15-11(17(8)3)7-16(2)6-9-5-10(13)12(18-4)19-9/h5H,6-7H2,1-4H3. The quantitative estimate of drug-likeness (QED) is 0.836. The first-order valence-electron chi connectivity index (χ1n) is 5.87. The zero-order valence-electron chi connectivity index (χ0n) is 11.5. The number of nitrogens with zero attached hydrogens (tertiary/aromatic N) is 4. The van der Waals surface area contributed by atoms with Crippen LogP contribution in [0.5, 0.6) is 5.06 Å². The van der Waals surface area contributed by atoms with Gasteiger partial charge in [-0.25, -0.2) is 0 Å². The summed E-state index contributed by atoms with van der Waals surface area (Å²) >= 11 is 5.14. The van der Waals surface area contributed by atoms with Crippen LogP contribution in [0.2, 0.25) is 0 Å². The van der Waals surface area contributed by atoms with Crippen molar-refractivity contribution in [3.05, 3.63) is 27.1 Å². The summed E-state index contributed by atoms with van der Waals surface area (Å²) < 4.78 is 8.30. The van der Waals surface area contributed by atoms with E-state index in [1.54, 1.807) is 18.4 Å². The van der Waals surface area contributed by atoms with Gasteiger partial charge in [-0.1, -0.05) is 0 Å². The smallest absolute Gasteiger partial charge is 0.188 e. The lowest BCUT2D eigenvalue weighted by molar-refractivity contribution is 0.309. The van der Waals surface area contributed by atoms with Gasteiger partial charge in [0.15, 0.2) is 5.06 Å². The number of hydrogen-bond donors (Lipinski definition) is 0. The van der Waals surface area contributed by atoms with Crippen molar-refractivity contribution in [3.8, 4) is 5.06 Å². The molecule has 0 radical (unpaired) electrons. The van der Waals surface area contributed by atoms with E-state index in [0.717, 1.165) is 34.3 Å². The van der Waals surface area contributed by atoms with Gasteiger partial charge in [0.1, 0.15) is 11.6 Å². The van der Waals surface area contributed by atoms with Crippen LogP contribution in [0.1, 0.15) is 16.5 Å². The van der Waals surface area contributed by atoms with E-state index >= 15 is 0 Å². The maximum absolute atomic E-state index is 5.27. The molecule has 2 aromatic heterocycles. The van der Waals surface area contributed by atoms with Crippen LogP contribution in [0.25, 0.3) is 0 Å². The van der Waals surface area contributed by atoms with Crippen molar-refractivity contribution in [2.75, 3.05) is 14.2 Å². The highest BCUT2D eigenvalue weighted by Gasteiger charge is 2.12. The van der Waals surface area contributed by atoms with Gasteiger partial charge >= 0.3 is 0 Å². The van der Waals surface area contributed by atoms with Crippen LogP contribution in [0.4, 0.5) is 0 Å². The fourth-order valence-electron chi connectivity index (χ4n) is 1.77. The Morgan fingerprint density at radius 2 is 2.16 bits per heavy atom. The summed E-state index contributed by atoms with van der Waals surface area (Å²) in [4.78, 5) is 3.46. The summed E-state index contributed by atoms with van der Waals surface area (Å²) in [5, 5.41) is 9.16. The molecule has 2 heterocycles. The molecule has 0 unspecified atom stereocenters. The fraction of sp³-hybridized carbons (Fsp3) is 0.500. The Balaban J connectivity index is 2.00. The van der Waals surface area contributed by atoms with Gasteiger partial charge in [-0.05, 0) is 36.0 Å². The third-order valence-corrected chi connectivity index (χ3v) is 4.84. The van der Waals surface area contributed by atoms with Crippen LogP contribution in [0.15, 0.2) is 10.5 Å². The zero-order chi connectivity index (χ0) is 14.0. The van der Waals surface area contributed by atoms with Gasteiger partial charge in [0, 0.05) is 18.5 Å². The number of halogens is 1. The molecule has 0 aliphatic heterocycles. The molecule has 0 fully saturated rings. The summed E-state index contributed by atoms with van der Waals surface area (Å²) in [5.41, 5.74) is 0. The van der Waals surface area contributed by atoms with Crippen molar-refractivity contribution in [1.82, 2.24) is 19.7 Å². The molecule has 0 aromatic carbocycles. The molecule has 19 heavy (non-hydrogen) atoms. The van der Waals surface area contributed by atoms with Gasteiger partial charge in [0.2, 0.25) is 0 Å². The largest absolute Gasteiger partial charge is 0.486 e. The molecule has 0 N–H and O–H groups in total. The average Bonchev–Trinajstić information content (AvgIpc) is 2.86. The van der Waals surface area contributed by atoms with E-state index in [-0.39, 0.29) is 0 Å². The van der Waals surface area contributed by atoms with Crippen LogP contribution in [-0.2, 0) is 20.1 Å². The number of ether oxygens (including phenoxy) is 1. The van der Waals surface area contributed by atoms with Gasteiger partial charge in [0.05, 0.1) is 18.1 Å². The van der Waals surface area contributed by atoms with Gasteiger partial charge in [-0.3, -0.25) is 4.90 Å². The second-order valence-corrected chi connectivity index (χ2v) is 6.40. The third-order valence-electron chi connectivity index (χ3n) is 2.91. The van der Waals surface area contributed by atoms with Crippen molar-refractivity contribution in [2.24, 2.45) is 7.05 Å². The normalized spacial score (nSPS) is 11.3. The molecule has 7 heteroatoms. The fourth-order valence-corrected chi connectivity index (χ4v) is 3.54. The molecule has 0 bridgehead atoms.